The first-order chi connectivity index (χ1) is 14.2. The van der Waals surface area contributed by atoms with Crippen LogP contribution >= 0.6 is 0 Å². The van der Waals surface area contributed by atoms with Crippen LogP contribution in [0, 0.1) is 52.3 Å². The molecule has 9 atom stereocenters. The summed E-state index contributed by atoms with van der Waals surface area (Å²) < 4.78 is 0. The average molecular weight is 415 g/mol. The molecule has 4 aliphatic rings. The predicted octanol–water partition coefficient (Wildman–Crippen LogP) is 8.02. The van der Waals surface area contributed by atoms with E-state index >= 15 is 0 Å². The lowest BCUT2D eigenvalue weighted by atomic mass is 9.47. The summed E-state index contributed by atoms with van der Waals surface area (Å²) in [5.41, 5.74) is 2.59. The van der Waals surface area contributed by atoms with E-state index in [1.165, 1.54) is 57.8 Å². The highest BCUT2D eigenvalue weighted by molar-refractivity contribution is 5.25. The third-order valence-electron chi connectivity index (χ3n) is 11.3. The van der Waals surface area contributed by atoms with E-state index in [-0.39, 0.29) is 6.10 Å². The van der Waals surface area contributed by atoms with Crippen molar-refractivity contribution in [3.63, 3.8) is 0 Å². The molecule has 3 saturated carbocycles. The molecule has 3 fully saturated rings. The molecular weight excluding hydrogens is 364 g/mol. The molecule has 7 unspecified atom stereocenters. The third kappa shape index (κ3) is 3.74. The Labute approximate surface area is 187 Å². The molecule has 0 aliphatic heterocycles. The SMILES string of the molecule is CC[C@H](CCC(C)C1CC[C@H]2C3CC=C4CC(O)CCC4(C)C3CCC12C)C(C)C. The number of aliphatic hydroxyl groups excluding tert-OH is 1. The zero-order chi connectivity index (χ0) is 21.7. The van der Waals surface area contributed by atoms with Crippen LogP contribution in [0.25, 0.3) is 0 Å². The van der Waals surface area contributed by atoms with Crippen molar-refractivity contribution in [2.24, 2.45) is 52.3 Å². The average Bonchev–Trinajstić information content (AvgIpc) is 3.06. The lowest BCUT2D eigenvalue weighted by Gasteiger charge is -2.58. The lowest BCUT2D eigenvalue weighted by molar-refractivity contribution is -0.0575. The van der Waals surface area contributed by atoms with Gasteiger partial charge in [0.25, 0.3) is 0 Å². The zero-order valence-corrected chi connectivity index (χ0v) is 20.9. The van der Waals surface area contributed by atoms with E-state index < -0.39 is 0 Å². The Kier molecular flexibility index (Phi) is 6.53. The van der Waals surface area contributed by atoms with Crippen molar-refractivity contribution in [1.29, 1.82) is 0 Å². The second kappa shape index (κ2) is 8.57. The number of hydrogen-bond donors (Lipinski definition) is 1. The van der Waals surface area contributed by atoms with E-state index in [0.717, 1.165) is 54.3 Å². The molecule has 0 aromatic rings. The summed E-state index contributed by atoms with van der Waals surface area (Å²) >= 11 is 0. The Morgan fingerprint density at radius 2 is 1.77 bits per heavy atom. The molecule has 4 rings (SSSR count). The molecule has 1 N–H and O–H groups in total. The van der Waals surface area contributed by atoms with Crippen LogP contribution < -0.4 is 0 Å². The normalized spacial score (nSPS) is 45.3. The Morgan fingerprint density at radius 1 is 1.00 bits per heavy atom. The summed E-state index contributed by atoms with van der Waals surface area (Å²) in [6.07, 6.45) is 17.1. The molecule has 30 heavy (non-hydrogen) atoms. The van der Waals surface area contributed by atoms with Crippen molar-refractivity contribution < 1.29 is 5.11 Å². The van der Waals surface area contributed by atoms with Crippen LogP contribution in [0.2, 0.25) is 0 Å². The van der Waals surface area contributed by atoms with Crippen molar-refractivity contribution in [1.82, 2.24) is 0 Å². The van der Waals surface area contributed by atoms with Gasteiger partial charge in [0, 0.05) is 0 Å². The van der Waals surface area contributed by atoms with Crippen LogP contribution in [0.3, 0.4) is 0 Å². The fourth-order valence-electron chi connectivity index (χ4n) is 9.30. The Balaban J connectivity index is 1.47. The molecule has 0 aromatic carbocycles. The van der Waals surface area contributed by atoms with Gasteiger partial charge in [-0.2, -0.15) is 0 Å². The maximum absolute atomic E-state index is 10.2. The summed E-state index contributed by atoms with van der Waals surface area (Å²) in [5.74, 6) is 6.31. The number of aliphatic hydroxyl groups is 1. The molecular formula is C29H50O. The van der Waals surface area contributed by atoms with E-state index in [1.807, 2.05) is 0 Å². The van der Waals surface area contributed by atoms with Crippen molar-refractivity contribution in [3.05, 3.63) is 11.6 Å². The largest absolute Gasteiger partial charge is 0.393 e. The molecule has 4 aliphatic carbocycles. The van der Waals surface area contributed by atoms with Gasteiger partial charge in [-0.15, -0.1) is 0 Å². The summed E-state index contributed by atoms with van der Waals surface area (Å²) in [6.45, 7) is 15.1. The topological polar surface area (TPSA) is 20.2 Å². The minimum atomic E-state index is -0.0794. The summed E-state index contributed by atoms with van der Waals surface area (Å²) in [5, 5.41) is 10.2. The molecule has 0 aromatic heterocycles. The lowest BCUT2D eigenvalue weighted by Crippen LogP contribution is -2.50. The first kappa shape index (κ1) is 22.9. The zero-order valence-electron chi connectivity index (χ0n) is 20.9. The molecule has 0 saturated heterocycles. The van der Waals surface area contributed by atoms with Gasteiger partial charge in [-0.1, -0.05) is 66.0 Å². The predicted molar refractivity (Wildman–Crippen MR) is 128 cm³/mol. The Bertz CT molecular complexity index is 634. The smallest absolute Gasteiger partial charge is 0.0577 e. The summed E-state index contributed by atoms with van der Waals surface area (Å²) in [7, 11) is 0. The number of fused-ring (bicyclic) bond motifs is 5. The maximum Gasteiger partial charge on any atom is 0.0577 e. The highest BCUT2D eigenvalue weighted by Gasteiger charge is 2.59. The van der Waals surface area contributed by atoms with Crippen molar-refractivity contribution in [3.8, 4) is 0 Å². The quantitative estimate of drug-likeness (QED) is 0.436. The number of hydrogen-bond acceptors (Lipinski definition) is 1. The van der Waals surface area contributed by atoms with Crippen LogP contribution in [-0.4, -0.2) is 11.2 Å². The maximum atomic E-state index is 10.2. The van der Waals surface area contributed by atoms with Gasteiger partial charge >= 0.3 is 0 Å². The van der Waals surface area contributed by atoms with E-state index in [2.05, 4.69) is 47.6 Å². The van der Waals surface area contributed by atoms with E-state index in [9.17, 15) is 5.11 Å². The minimum Gasteiger partial charge on any atom is -0.393 e. The monoisotopic (exact) mass is 414 g/mol. The van der Waals surface area contributed by atoms with Gasteiger partial charge in [0.05, 0.1) is 6.10 Å². The molecule has 0 heterocycles. The van der Waals surface area contributed by atoms with Gasteiger partial charge in [0.1, 0.15) is 0 Å². The van der Waals surface area contributed by atoms with Gasteiger partial charge in [-0.25, -0.2) is 0 Å². The molecule has 1 heteroatoms. The second-order valence-electron chi connectivity index (χ2n) is 12.9. The van der Waals surface area contributed by atoms with E-state index in [0.29, 0.717) is 10.8 Å². The third-order valence-corrected chi connectivity index (χ3v) is 11.3. The number of rotatable bonds is 6. The second-order valence-corrected chi connectivity index (χ2v) is 12.9. The Morgan fingerprint density at radius 3 is 2.47 bits per heavy atom. The highest BCUT2D eigenvalue weighted by Crippen LogP contribution is 2.67. The van der Waals surface area contributed by atoms with Gasteiger partial charge in [-0.05, 0) is 110 Å². The molecule has 0 radical (unpaired) electrons. The van der Waals surface area contributed by atoms with E-state index in [1.54, 1.807) is 5.57 Å². The van der Waals surface area contributed by atoms with Crippen LogP contribution in [0.15, 0.2) is 11.6 Å². The summed E-state index contributed by atoms with van der Waals surface area (Å²) in [6, 6.07) is 0. The van der Waals surface area contributed by atoms with Crippen LogP contribution in [0.4, 0.5) is 0 Å². The highest BCUT2D eigenvalue weighted by atomic mass is 16.3. The first-order valence-corrected chi connectivity index (χ1v) is 13.6. The van der Waals surface area contributed by atoms with Crippen LogP contribution in [0.5, 0.6) is 0 Å². The van der Waals surface area contributed by atoms with Gasteiger partial charge in [-0.3, -0.25) is 0 Å². The number of allylic oxidation sites excluding steroid dienone is 1. The molecule has 1 nitrogen and oxygen atoms in total. The van der Waals surface area contributed by atoms with Crippen molar-refractivity contribution >= 4 is 0 Å². The fraction of sp³-hybridized carbons (Fsp3) is 0.931. The fourth-order valence-corrected chi connectivity index (χ4v) is 9.30. The standard InChI is InChI=1S/C29H50O/c1-7-21(19(2)3)9-8-20(4)25-12-13-26-24-11-10-22-18-23(30)14-16-28(22,5)27(24)15-17-29(25,26)6/h10,19-21,23-27,30H,7-9,11-18H2,1-6H3/t20?,21-,23?,24?,25?,26+,27?,28?,29?/m1/s1. The van der Waals surface area contributed by atoms with Crippen LogP contribution in [-0.2, 0) is 0 Å². The van der Waals surface area contributed by atoms with Gasteiger partial charge in [0.2, 0.25) is 0 Å². The van der Waals surface area contributed by atoms with Gasteiger partial charge in [0.15, 0.2) is 0 Å². The Hall–Kier alpha value is -0.300. The van der Waals surface area contributed by atoms with E-state index in [4.69, 9.17) is 0 Å². The van der Waals surface area contributed by atoms with Crippen molar-refractivity contribution in [2.45, 2.75) is 118 Å². The van der Waals surface area contributed by atoms with Crippen molar-refractivity contribution in [2.75, 3.05) is 0 Å². The van der Waals surface area contributed by atoms with Gasteiger partial charge < -0.3 is 5.11 Å². The molecule has 0 bridgehead atoms. The first-order valence-electron chi connectivity index (χ1n) is 13.6. The summed E-state index contributed by atoms with van der Waals surface area (Å²) in [4.78, 5) is 0. The van der Waals surface area contributed by atoms with Crippen LogP contribution in [0.1, 0.15) is 112 Å². The molecule has 0 spiro atoms. The molecule has 0 amide bonds. The minimum absolute atomic E-state index is 0.0794. The molecule has 172 valence electrons.